The molecule has 2 aromatic carbocycles. The molecule has 2 rings (SSSR count). The Morgan fingerprint density at radius 2 is 1.74 bits per heavy atom. The molecule has 0 aromatic heterocycles. The average molecular weight is 308 g/mol. The molecule has 0 unspecified atom stereocenters. The molecule has 0 aliphatic heterocycles. The van der Waals surface area contributed by atoms with Gasteiger partial charge in [-0.25, -0.2) is 4.79 Å². The fourth-order valence-corrected chi connectivity index (χ4v) is 1.86. The summed E-state index contributed by atoms with van der Waals surface area (Å²) in [4.78, 5) is 23.6. The van der Waals surface area contributed by atoms with Crippen LogP contribution in [-0.2, 0) is 9.53 Å². The smallest absolute Gasteiger partial charge is 0.340 e. The molecule has 0 spiro atoms. The molecule has 1 amide bonds. The predicted molar refractivity (Wildman–Crippen MR) is 88.3 cm³/mol. The van der Waals surface area contributed by atoms with Crippen LogP contribution in [0.2, 0.25) is 0 Å². The van der Waals surface area contributed by atoms with Crippen molar-refractivity contribution in [3.63, 3.8) is 0 Å². The third kappa shape index (κ3) is 4.90. The van der Waals surface area contributed by atoms with Gasteiger partial charge in [-0.3, -0.25) is 4.79 Å². The van der Waals surface area contributed by atoms with Gasteiger partial charge >= 0.3 is 5.97 Å². The quantitative estimate of drug-likeness (QED) is 0.635. The Bertz CT molecular complexity index is 721. The Hall–Kier alpha value is -3.26. The van der Waals surface area contributed by atoms with Crippen LogP contribution >= 0.6 is 0 Å². The van der Waals surface area contributed by atoms with Crippen molar-refractivity contribution in [1.82, 2.24) is 5.32 Å². The van der Waals surface area contributed by atoms with Crippen molar-refractivity contribution < 1.29 is 14.3 Å². The van der Waals surface area contributed by atoms with Gasteiger partial charge in [-0.15, -0.1) is 6.42 Å². The van der Waals surface area contributed by atoms with Crippen LogP contribution in [0.3, 0.4) is 0 Å². The third-order valence-corrected chi connectivity index (χ3v) is 2.92. The normalized spacial score (nSPS) is 9.52. The monoisotopic (exact) mass is 308 g/mol. The molecule has 0 radical (unpaired) electrons. The second kappa shape index (κ2) is 8.25. The van der Waals surface area contributed by atoms with Crippen LogP contribution in [0.15, 0.2) is 54.6 Å². The van der Waals surface area contributed by atoms with Crippen molar-refractivity contribution in [2.24, 2.45) is 0 Å². The summed E-state index contributed by atoms with van der Waals surface area (Å²) < 4.78 is 5.01. The summed E-state index contributed by atoms with van der Waals surface area (Å²) >= 11 is 0. The molecule has 116 valence electrons. The van der Waals surface area contributed by atoms with E-state index in [9.17, 15) is 9.59 Å². The molecule has 5 nitrogen and oxygen atoms in total. The number of rotatable bonds is 6. The first-order valence-corrected chi connectivity index (χ1v) is 6.99. The number of benzene rings is 2. The lowest BCUT2D eigenvalue weighted by atomic mass is 10.1. The molecule has 2 aromatic rings. The topological polar surface area (TPSA) is 67.4 Å². The fourth-order valence-electron chi connectivity index (χ4n) is 1.86. The van der Waals surface area contributed by atoms with Gasteiger partial charge in [0.1, 0.15) is 0 Å². The van der Waals surface area contributed by atoms with E-state index in [1.165, 1.54) is 0 Å². The van der Waals surface area contributed by atoms with Gasteiger partial charge in [0.05, 0.1) is 17.8 Å². The van der Waals surface area contributed by atoms with Gasteiger partial charge < -0.3 is 15.4 Å². The lowest BCUT2D eigenvalue weighted by Gasteiger charge is -2.11. The number of hydrogen-bond donors (Lipinski definition) is 2. The molecule has 0 heterocycles. The summed E-state index contributed by atoms with van der Waals surface area (Å²) in [5.41, 5.74) is 1.80. The van der Waals surface area contributed by atoms with Crippen molar-refractivity contribution in [2.45, 2.75) is 0 Å². The Morgan fingerprint density at radius 1 is 1.04 bits per heavy atom. The zero-order chi connectivity index (χ0) is 16.5. The van der Waals surface area contributed by atoms with Crippen molar-refractivity contribution in [1.29, 1.82) is 0 Å². The maximum Gasteiger partial charge on any atom is 0.340 e. The van der Waals surface area contributed by atoms with E-state index in [1.807, 2.05) is 36.4 Å². The van der Waals surface area contributed by atoms with Crippen LogP contribution in [0.1, 0.15) is 10.4 Å². The molecule has 0 saturated carbocycles. The highest BCUT2D eigenvalue weighted by Gasteiger charge is 2.14. The summed E-state index contributed by atoms with van der Waals surface area (Å²) in [6, 6.07) is 16.4. The highest BCUT2D eigenvalue weighted by atomic mass is 16.5. The number of anilines is 2. The molecular formula is C18H16N2O3. The summed E-state index contributed by atoms with van der Waals surface area (Å²) in [5.74, 6) is 1.25. The lowest BCUT2D eigenvalue weighted by molar-refractivity contribution is -0.123. The van der Waals surface area contributed by atoms with Crippen LogP contribution in [0, 0.1) is 12.3 Å². The number of ether oxygens (including phenoxy) is 1. The zero-order valence-corrected chi connectivity index (χ0v) is 12.4. The van der Waals surface area contributed by atoms with Gasteiger partial charge in [-0.2, -0.15) is 0 Å². The minimum Gasteiger partial charge on any atom is -0.452 e. The Labute approximate surface area is 134 Å². The van der Waals surface area contributed by atoms with Crippen molar-refractivity contribution in [3.8, 4) is 12.3 Å². The molecule has 0 atom stereocenters. The second-order valence-electron chi connectivity index (χ2n) is 4.59. The van der Waals surface area contributed by atoms with Crippen LogP contribution in [-0.4, -0.2) is 25.0 Å². The SMILES string of the molecule is C#CCNC(=O)COC(=O)c1ccccc1Nc1ccccc1. The van der Waals surface area contributed by atoms with Crippen LogP contribution < -0.4 is 10.6 Å². The van der Waals surface area contributed by atoms with E-state index in [0.29, 0.717) is 11.3 Å². The van der Waals surface area contributed by atoms with Gasteiger partial charge in [0.2, 0.25) is 0 Å². The van der Waals surface area contributed by atoms with Crippen molar-refractivity contribution in [3.05, 3.63) is 60.2 Å². The van der Waals surface area contributed by atoms with E-state index in [0.717, 1.165) is 5.69 Å². The maximum atomic E-state index is 12.2. The molecule has 23 heavy (non-hydrogen) atoms. The maximum absolute atomic E-state index is 12.2. The largest absolute Gasteiger partial charge is 0.452 e. The van der Waals surface area contributed by atoms with Gasteiger partial charge in [-0.05, 0) is 24.3 Å². The first kappa shape index (κ1) is 16.1. The van der Waals surface area contributed by atoms with Gasteiger partial charge in [0, 0.05) is 5.69 Å². The van der Waals surface area contributed by atoms with E-state index in [4.69, 9.17) is 11.2 Å². The summed E-state index contributed by atoms with van der Waals surface area (Å²) in [6.45, 7) is -0.275. The predicted octanol–water partition coefficient (Wildman–Crippen LogP) is 2.34. The number of carbonyl (C=O) groups excluding carboxylic acids is 2. The highest BCUT2D eigenvalue weighted by molar-refractivity contribution is 5.97. The molecule has 0 aliphatic rings. The van der Waals surface area contributed by atoms with E-state index in [2.05, 4.69) is 16.6 Å². The van der Waals surface area contributed by atoms with Crippen molar-refractivity contribution in [2.75, 3.05) is 18.5 Å². The Kier molecular flexibility index (Phi) is 5.78. The number of esters is 1. The molecule has 0 bridgehead atoms. The zero-order valence-electron chi connectivity index (χ0n) is 12.4. The highest BCUT2D eigenvalue weighted by Crippen LogP contribution is 2.21. The lowest BCUT2D eigenvalue weighted by Crippen LogP contribution is -2.29. The Morgan fingerprint density at radius 3 is 2.48 bits per heavy atom. The summed E-state index contributed by atoms with van der Waals surface area (Å²) in [7, 11) is 0. The molecule has 0 fully saturated rings. The molecule has 5 heteroatoms. The Balaban J connectivity index is 2.03. The standard InChI is InChI=1S/C18H16N2O3/c1-2-12-19-17(21)13-23-18(22)15-10-6-7-11-16(15)20-14-8-4-3-5-9-14/h1,3-11,20H,12-13H2,(H,19,21). The number of nitrogens with one attached hydrogen (secondary N) is 2. The van der Waals surface area contributed by atoms with Crippen LogP contribution in [0.4, 0.5) is 11.4 Å². The molecular weight excluding hydrogens is 292 g/mol. The molecule has 2 N–H and O–H groups in total. The van der Waals surface area contributed by atoms with E-state index >= 15 is 0 Å². The molecule has 0 saturated heterocycles. The number of para-hydroxylation sites is 2. The van der Waals surface area contributed by atoms with E-state index < -0.39 is 11.9 Å². The van der Waals surface area contributed by atoms with Gasteiger partial charge in [0.25, 0.3) is 5.91 Å². The molecule has 0 aliphatic carbocycles. The van der Waals surface area contributed by atoms with E-state index in [-0.39, 0.29) is 13.2 Å². The third-order valence-electron chi connectivity index (χ3n) is 2.92. The van der Waals surface area contributed by atoms with Crippen LogP contribution in [0.5, 0.6) is 0 Å². The number of amides is 1. The minimum atomic E-state index is -0.583. The number of terminal acetylenes is 1. The van der Waals surface area contributed by atoms with E-state index in [1.54, 1.807) is 18.2 Å². The first-order valence-electron chi connectivity index (χ1n) is 6.99. The second-order valence-corrected chi connectivity index (χ2v) is 4.59. The van der Waals surface area contributed by atoms with Gasteiger partial charge in [-0.1, -0.05) is 36.3 Å². The number of carbonyl (C=O) groups is 2. The fraction of sp³-hybridized carbons (Fsp3) is 0.111. The number of hydrogen-bond acceptors (Lipinski definition) is 4. The van der Waals surface area contributed by atoms with Crippen LogP contribution in [0.25, 0.3) is 0 Å². The average Bonchev–Trinajstić information content (AvgIpc) is 2.59. The minimum absolute atomic E-state index is 0.0997. The summed E-state index contributed by atoms with van der Waals surface area (Å²) in [6.07, 6.45) is 5.04. The first-order chi connectivity index (χ1) is 11.2. The van der Waals surface area contributed by atoms with Gasteiger partial charge in [0.15, 0.2) is 6.61 Å². The van der Waals surface area contributed by atoms with Crippen molar-refractivity contribution >= 4 is 23.3 Å². The summed E-state index contributed by atoms with van der Waals surface area (Å²) in [5, 5.41) is 5.57.